The molecule has 0 bridgehead atoms. The molecule has 0 aliphatic rings. The number of hydrogen-bond acceptors (Lipinski definition) is 2. The van der Waals surface area contributed by atoms with Crippen LogP contribution in [0, 0.1) is 0 Å². The molecule has 0 aliphatic carbocycles. The molecule has 1 nitrogen and oxygen atoms in total. The number of rotatable bonds is 5. The lowest BCUT2D eigenvalue weighted by molar-refractivity contribution is 0.726. The van der Waals surface area contributed by atoms with E-state index in [1.807, 2.05) is 18.8 Å². The minimum absolute atomic E-state index is 0.819. The van der Waals surface area contributed by atoms with Crippen LogP contribution in [0.2, 0.25) is 0 Å². The van der Waals surface area contributed by atoms with Crippen molar-refractivity contribution in [3.63, 3.8) is 0 Å². The Morgan fingerprint density at radius 3 is 2.44 bits per heavy atom. The molecular weight excluding hydrogens is 130 g/mol. The smallest absolute Gasteiger partial charge is 0.0169 e. The van der Waals surface area contributed by atoms with Crippen LogP contribution < -0.4 is 5.32 Å². The van der Waals surface area contributed by atoms with Gasteiger partial charge in [-0.25, -0.2) is 0 Å². The SMILES string of the molecule is CCSC(CC)CNC. The van der Waals surface area contributed by atoms with E-state index < -0.39 is 0 Å². The van der Waals surface area contributed by atoms with Gasteiger partial charge in [0, 0.05) is 11.8 Å². The second-order valence-corrected chi connectivity index (χ2v) is 3.62. The number of hydrogen-bond donors (Lipinski definition) is 1. The van der Waals surface area contributed by atoms with E-state index in [2.05, 4.69) is 19.2 Å². The molecule has 0 heterocycles. The second-order valence-electron chi connectivity index (χ2n) is 2.04. The predicted octanol–water partition coefficient (Wildman–Crippen LogP) is 1.74. The second kappa shape index (κ2) is 6.43. The van der Waals surface area contributed by atoms with Crippen molar-refractivity contribution in [2.45, 2.75) is 25.5 Å². The van der Waals surface area contributed by atoms with Crippen LogP contribution >= 0.6 is 11.8 Å². The molecule has 0 radical (unpaired) electrons. The average Bonchev–Trinajstić information content (AvgIpc) is 1.88. The van der Waals surface area contributed by atoms with Crippen molar-refractivity contribution in [1.82, 2.24) is 5.32 Å². The summed E-state index contributed by atoms with van der Waals surface area (Å²) in [4.78, 5) is 0. The maximum Gasteiger partial charge on any atom is 0.0169 e. The lowest BCUT2D eigenvalue weighted by Crippen LogP contribution is -2.20. The fraction of sp³-hybridized carbons (Fsp3) is 1.00. The van der Waals surface area contributed by atoms with Crippen LogP contribution in [-0.4, -0.2) is 24.6 Å². The summed E-state index contributed by atoms with van der Waals surface area (Å²) in [6.07, 6.45) is 1.28. The van der Waals surface area contributed by atoms with E-state index in [4.69, 9.17) is 0 Å². The van der Waals surface area contributed by atoms with Gasteiger partial charge >= 0.3 is 0 Å². The highest BCUT2D eigenvalue weighted by atomic mass is 32.2. The molecule has 1 atom stereocenters. The van der Waals surface area contributed by atoms with Crippen molar-refractivity contribution >= 4 is 11.8 Å². The van der Waals surface area contributed by atoms with Gasteiger partial charge in [0.05, 0.1) is 0 Å². The zero-order chi connectivity index (χ0) is 7.11. The van der Waals surface area contributed by atoms with Crippen molar-refractivity contribution in [2.24, 2.45) is 0 Å². The topological polar surface area (TPSA) is 12.0 Å². The fourth-order valence-corrected chi connectivity index (χ4v) is 1.78. The maximum absolute atomic E-state index is 3.18. The first kappa shape index (κ1) is 9.31. The Bertz CT molecular complexity index is 50.9. The molecule has 0 spiro atoms. The molecule has 0 aliphatic heterocycles. The quantitative estimate of drug-likeness (QED) is 0.635. The molecule has 0 aromatic heterocycles. The molecule has 2 heteroatoms. The lowest BCUT2D eigenvalue weighted by Gasteiger charge is -2.11. The summed E-state index contributed by atoms with van der Waals surface area (Å²) in [5.74, 6) is 1.24. The molecule has 9 heavy (non-hydrogen) atoms. The summed E-state index contributed by atoms with van der Waals surface area (Å²) in [5, 5.41) is 4.00. The van der Waals surface area contributed by atoms with E-state index in [1.54, 1.807) is 0 Å². The third-order valence-corrected chi connectivity index (χ3v) is 2.59. The van der Waals surface area contributed by atoms with Crippen LogP contribution in [0.15, 0.2) is 0 Å². The first-order chi connectivity index (χ1) is 4.35. The standard InChI is InChI=1S/C7H17NS/c1-4-7(6-8-3)9-5-2/h7-8H,4-6H2,1-3H3. The molecule has 0 saturated heterocycles. The summed E-state index contributed by atoms with van der Waals surface area (Å²) in [7, 11) is 2.01. The summed E-state index contributed by atoms with van der Waals surface area (Å²) >= 11 is 2.04. The highest BCUT2D eigenvalue weighted by Crippen LogP contribution is 2.11. The van der Waals surface area contributed by atoms with E-state index in [9.17, 15) is 0 Å². The normalized spacial score (nSPS) is 13.7. The van der Waals surface area contributed by atoms with Crippen LogP contribution in [0.3, 0.4) is 0 Å². The summed E-state index contributed by atoms with van der Waals surface area (Å²) in [6.45, 7) is 5.60. The van der Waals surface area contributed by atoms with Crippen molar-refractivity contribution in [3.05, 3.63) is 0 Å². The molecule has 0 aromatic rings. The molecule has 0 saturated carbocycles. The van der Waals surface area contributed by atoms with Crippen molar-refractivity contribution in [3.8, 4) is 0 Å². The van der Waals surface area contributed by atoms with Crippen molar-refractivity contribution in [2.75, 3.05) is 19.3 Å². The van der Waals surface area contributed by atoms with Gasteiger partial charge in [0.2, 0.25) is 0 Å². The zero-order valence-corrected chi connectivity index (χ0v) is 7.42. The summed E-state index contributed by atoms with van der Waals surface area (Å²) in [6, 6.07) is 0. The molecule has 0 fully saturated rings. The van der Waals surface area contributed by atoms with E-state index >= 15 is 0 Å². The monoisotopic (exact) mass is 147 g/mol. The third kappa shape index (κ3) is 4.79. The molecule has 56 valence electrons. The predicted molar refractivity (Wildman–Crippen MR) is 46.1 cm³/mol. The van der Waals surface area contributed by atoms with Crippen LogP contribution in [0.5, 0.6) is 0 Å². The van der Waals surface area contributed by atoms with Crippen molar-refractivity contribution in [1.29, 1.82) is 0 Å². The molecule has 0 amide bonds. The molecule has 0 aromatic carbocycles. The fourth-order valence-electron chi connectivity index (χ4n) is 0.784. The first-order valence-electron chi connectivity index (χ1n) is 3.61. The van der Waals surface area contributed by atoms with Gasteiger partial charge < -0.3 is 5.32 Å². The Morgan fingerprint density at radius 1 is 1.44 bits per heavy atom. The third-order valence-electron chi connectivity index (χ3n) is 1.29. The van der Waals surface area contributed by atoms with Gasteiger partial charge in [-0.05, 0) is 19.2 Å². The average molecular weight is 147 g/mol. The van der Waals surface area contributed by atoms with Gasteiger partial charge in [0.1, 0.15) is 0 Å². The molecule has 1 unspecified atom stereocenters. The Balaban J connectivity index is 3.18. The first-order valence-corrected chi connectivity index (χ1v) is 4.66. The van der Waals surface area contributed by atoms with Gasteiger partial charge in [-0.2, -0.15) is 11.8 Å². The van der Waals surface area contributed by atoms with Gasteiger partial charge in [-0.3, -0.25) is 0 Å². The summed E-state index contributed by atoms with van der Waals surface area (Å²) in [5.41, 5.74) is 0. The Labute approximate surface area is 62.6 Å². The number of nitrogens with one attached hydrogen (secondary N) is 1. The minimum Gasteiger partial charge on any atom is -0.319 e. The van der Waals surface area contributed by atoms with E-state index in [0.717, 1.165) is 11.8 Å². The van der Waals surface area contributed by atoms with E-state index in [-0.39, 0.29) is 0 Å². The summed E-state index contributed by atoms with van der Waals surface area (Å²) < 4.78 is 0. The minimum atomic E-state index is 0.819. The van der Waals surface area contributed by atoms with Crippen molar-refractivity contribution < 1.29 is 0 Å². The highest BCUT2D eigenvalue weighted by Gasteiger charge is 2.01. The van der Waals surface area contributed by atoms with Crippen LogP contribution in [0.25, 0.3) is 0 Å². The Hall–Kier alpha value is 0.310. The largest absolute Gasteiger partial charge is 0.319 e. The van der Waals surface area contributed by atoms with Gasteiger partial charge in [-0.15, -0.1) is 0 Å². The van der Waals surface area contributed by atoms with Gasteiger partial charge in [0.25, 0.3) is 0 Å². The van der Waals surface area contributed by atoms with Crippen LogP contribution in [-0.2, 0) is 0 Å². The lowest BCUT2D eigenvalue weighted by atomic mass is 10.3. The van der Waals surface area contributed by atoms with E-state index in [1.165, 1.54) is 12.2 Å². The van der Waals surface area contributed by atoms with Gasteiger partial charge in [-0.1, -0.05) is 13.8 Å². The van der Waals surface area contributed by atoms with E-state index in [0.29, 0.717) is 0 Å². The Morgan fingerprint density at radius 2 is 2.11 bits per heavy atom. The Kier molecular flexibility index (Phi) is 6.65. The zero-order valence-electron chi connectivity index (χ0n) is 6.61. The van der Waals surface area contributed by atoms with Crippen LogP contribution in [0.1, 0.15) is 20.3 Å². The molecule has 1 N–H and O–H groups in total. The maximum atomic E-state index is 3.18. The number of thioether (sulfide) groups is 1. The van der Waals surface area contributed by atoms with Crippen LogP contribution in [0.4, 0.5) is 0 Å². The molecular formula is C7H17NS. The molecule has 0 rings (SSSR count). The van der Waals surface area contributed by atoms with Gasteiger partial charge in [0.15, 0.2) is 0 Å². The highest BCUT2D eigenvalue weighted by molar-refractivity contribution is 7.99.